The highest BCUT2D eigenvalue weighted by atomic mass is 32.1. The molecule has 0 unspecified atom stereocenters. The van der Waals surface area contributed by atoms with E-state index >= 15 is 0 Å². The van der Waals surface area contributed by atoms with Gasteiger partial charge in [-0.15, -0.1) is 0 Å². The zero-order chi connectivity index (χ0) is 22.0. The average molecular weight is 436 g/mol. The number of nitrogens with zero attached hydrogens (tertiary/aromatic N) is 2. The Morgan fingerprint density at radius 3 is 2.77 bits per heavy atom. The standard InChI is InChI=1S/C24H25N3O3S/c1-3-4-13-27-22(21(26-24(27)31)18-7-5-6-12-25-18)20-11-10-19(30-20)17-9-8-16(23(28)29)14-15(17)2/h5-12,14,21-22H,3-4,13H2,1-2H3,(H,26,31)(H,28,29)/t21-,22+/m0/s1. The monoisotopic (exact) mass is 435 g/mol. The van der Waals surface area contributed by atoms with E-state index in [2.05, 4.69) is 22.1 Å². The molecule has 1 aliphatic rings. The maximum atomic E-state index is 11.2. The fraction of sp³-hybridized carbons (Fsp3) is 0.292. The number of nitrogens with one attached hydrogen (secondary N) is 1. The van der Waals surface area contributed by atoms with Gasteiger partial charge in [0.05, 0.1) is 17.3 Å². The van der Waals surface area contributed by atoms with E-state index in [1.54, 1.807) is 24.4 Å². The molecule has 4 rings (SSSR count). The Kier molecular flexibility index (Phi) is 6.04. The third-order valence-electron chi connectivity index (χ3n) is 5.61. The fourth-order valence-electron chi connectivity index (χ4n) is 4.01. The molecule has 0 radical (unpaired) electrons. The number of aromatic nitrogens is 1. The van der Waals surface area contributed by atoms with Gasteiger partial charge in [0.1, 0.15) is 17.6 Å². The number of benzene rings is 1. The van der Waals surface area contributed by atoms with Crippen LogP contribution in [0.4, 0.5) is 0 Å². The first-order valence-electron chi connectivity index (χ1n) is 10.4. The summed E-state index contributed by atoms with van der Waals surface area (Å²) in [5.41, 5.74) is 2.90. The highest BCUT2D eigenvalue weighted by molar-refractivity contribution is 7.80. The number of furan rings is 1. The number of thiocarbonyl (C=S) groups is 1. The topological polar surface area (TPSA) is 78.6 Å². The second-order valence-corrected chi connectivity index (χ2v) is 8.10. The second-order valence-electron chi connectivity index (χ2n) is 7.71. The number of hydrogen-bond donors (Lipinski definition) is 2. The van der Waals surface area contributed by atoms with Gasteiger partial charge in [-0.05, 0) is 67.5 Å². The average Bonchev–Trinajstić information content (AvgIpc) is 3.37. The molecule has 1 aromatic carbocycles. The number of aromatic carboxylic acids is 1. The second kappa shape index (κ2) is 8.89. The number of unbranched alkanes of at least 4 members (excludes halogenated alkanes) is 1. The molecule has 0 aliphatic carbocycles. The van der Waals surface area contributed by atoms with Gasteiger partial charge >= 0.3 is 5.97 Å². The van der Waals surface area contributed by atoms with Crippen molar-refractivity contribution in [2.45, 2.75) is 38.8 Å². The SMILES string of the molecule is CCCCN1C(=S)N[C@@H](c2ccccn2)[C@H]1c1ccc(-c2ccc(C(=O)O)cc2C)o1. The molecule has 160 valence electrons. The normalized spacial score (nSPS) is 18.3. The van der Waals surface area contributed by atoms with Crippen molar-refractivity contribution >= 4 is 23.3 Å². The predicted octanol–water partition coefficient (Wildman–Crippen LogP) is 5.12. The summed E-state index contributed by atoms with van der Waals surface area (Å²) in [5, 5.41) is 13.4. The van der Waals surface area contributed by atoms with Gasteiger partial charge in [-0.1, -0.05) is 25.5 Å². The first-order chi connectivity index (χ1) is 15.0. The first-order valence-corrected chi connectivity index (χ1v) is 10.8. The van der Waals surface area contributed by atoms with Crippen LogP contribution in [0.25, 0.3) is 11.3 Å². The molecule has 3 aromatic rings. The van der Waals surface area contributed by atoms with Gasteiger partial charge in [0.25, 0.3) is 0 Å². The van der Waals surface area contributed by atoms with E-state index in [0.29, 0.717) is 10.9 Å². The Bertz CT molecular complexity index is 1100. The molecule has 0 saturated carbocycles. The third-order valence-corrected chi connectivity index (χ3v) is 5.96. The van der Waals surface area contributed by atoms with Crippen LogP contribution in [-0.2, 0) is 0 Å². The molecule has 1 saturated heterocycles. The van der Waals surface area contributed by atoms with Crippen molar-refractivity contribution in [2.75, 3.05) is 6.54 Å². The minimum absolute atomic E-state index is 0.110. The van der Waals surface area contributed by atoms with E-state index < -0.39 is 5.97 Å². The summed E-state index contributed by atoms with van der Waals surface area (Å²) in [5.74, 6) is 0.568. The van der Waals surface area contributed by atoms with Crippen molar-refractivity contribution in [3.63, 3.8) is 0 Å². The zero-order valence-corrected chi connectivity index (χ0v) is 18.4. The Morgan fingerprint density at radius 1 is 1.26 bits per heavy atom. The van der Waals surface area contributed by atoms with E-state index in [9.17, 15) is 9.90 Å². The molecular weight excluding hydrogens is 410 g/mol. The van der Waals surface area contributed by atoms with E-state index in [1.807, 2.05) is 37.3 Å². The lowest BCUT2D eigenvalue weighted by molar-refractivity contribution is 0.0697. The lowest BCUT2D eigenvalue weighted by atomic mass is 10.0. The maximum Gasteiger partial charge on any atom is 0.335 e. The number of carbonyl (C=O) groups is 1. The summed E-state index contributed by atoms with van der Waals surface area (Å²) >= 11 is 5.66. The van der Waals surface area contributed by atoms with Crippen molar-refractivity contribution in [1.82, 2.24) is 15.2 Å². The quantitative estimate of drug-likeness (QED) is 0.499. The number of carboxylic acids is 1. The predicted molar refractivity (Wildman–Crippen MR) is 123 cm³/mol. The molecule has 2 atom stereocenters. The molecule has 2 aromatic heterocycles. The van der Waals surface area contributed by atoms with Crippen LogP contribution in [-0.4, -0.2) is 32.6 Å². The number of aryl methyl sites for hydroxylation is 1. The van der Waals surface area contributed by atoms with E-state index in [4.69, 9.17) is 16.6 Å². The summed E-state index contributed by atoms with van der Waals surface area (Å²) in [6, 6.07) is 14.6. The fourth-order valence-corrected chi connectivity index (χ4v) is 4.35. The Hall–Kier alpha value is -3.19. The van der Waals surface area contributed by atoms with Crippen LogP contribution in [0.15, 0.2) is 59.1 Å². The van der Waals surface area contributed by atoms with Gasteiger partial charge in [-0.2, -0.15) is 0 Å². The lowest BCUT2D eigenvalue weighted by Crippen LogP contribution is -2.30. The molecule has 0 spiro atoms. The molecule has 6 nitrogen and oxygen atoms in total. The van der Waals surface area contributed by atoms with Crippen molar-refractivity contribution in [2.24, 2.45) is 0 Å². The van der Waals surface area contributed by atoms with Crippen molar-refractivity contribution in [3.05, 3.63) is 77.3 Å². The Labute approximate surface area is 186 Å². The minimum atomic E-state index is -0.940. The van der Waals surface area contributed by atoms with Crippen LogP contribution in [0.3, 0.4) is 0 Å². The van der Waals surface area contributed by atoms with Crippen LogP contribution in [0.5, 0.6) is 0 Å². The smallest absolute Gasteiger partial charge is 0.335 e. The number of rotatable bonds is 7. The van der Waals surface area contributed by atoms with Gasteiger partial charge in [-0.3, -0.25) is 4.98 Å². The van der Waals surface area contributed by atoms with Gasteiger partial charge < -0.3 is 19.7 Å². The van der Waals surface area contributed by atoms with Crippen LogP contribution >= 0.6 is 12.2 Å². The van der Waals surface area contributed by atoms with Gasteiger partial charge in [0, 0.05) is 18.3 Å². The molecule has 3 heterocycles. The summed E-state index contributed by atoms with van der Waals surface area (Å²) in [4.78, 5) is 18.0. The van der Waals surface area contributed by atoms with E-state index in [0.717, 1.165) is 42.0 Å². The summed E-state index contributed by atoms with van der Waals surface area (Å²) < 4.78 is 6.33. The number of hydrogen-bond acceptors (Lipinski definition) is 4. The molecule has 0 amide bonds. The van der Waals surface area contributed by atoms with Crippen LogP contribution < -0.4 is 5.32 Å². The van der Waals surface area contributed by atoms with Gasteiger partial charge in [0.15, 0.2) is 5.11 Å². The Morgan fingerprint density at radius 2 is 2.10 bits per heavy atom. The summed E-state index contributed by atoms with van der Waals surface area (Å²) in [7, 11) is 0. The zero-order valence-electron chi connectivity index (χ0n) is 17.5. The molecular formula is C24H25N3O3S. The van der Waals surface area contributed by atoms with E-state index in [-0.39, 0.29) is 17.6 Å². The molecule has 7 heteroatoms. The molecule has 1 fully saturated rings. The summed E-state index contributed by atoms with van der Waals surface area (Å²) in [6.07, 6.45) is 3.88. The van der Waals surface area contributed by atoms with Gasteiger partial charge in [-0.25, -0.2) is 4.79 Å². The number of pyridine rings is 1. The lowest BCUT2D eigenvalue weighted by Gasteiger charge is -2.25. The minimum Gasteiger partial charge on any atom is -0.478 e. The molecule has 2 N–H and O–H groups in total. The van der Waals surface area contributed by atoms with Crippen molar-refractivity contribution < 1.29 is 14.3 Å². The van der Waals surface area contributed by atoms with E-state index in [1.165, 1.54) is 0 Å². The highest BCUT2D eigenvalue weighted by Crippen LogP contribution is 2.40. The molecule has 31 heavy (non-hydrogen) atoms. The van der Waals surface area contributed by atoms with Crippen molar-refractivity contribution in [3.8, 4) is 11.3 Å². The van der Waals surface area contributed by atoms with Crippen LogP contribution in [0, 0.1) is 6.92 Å². The van der Waals surface area contributed by atoms with Gasteiger partial charge in [0.2, 0.25) is 0 Å². The Balaban J connectivity index is 1.71. The highest BCUT2D eigenvalue weighted by Gasteiger charge is 2.41. The van der Waals surface area contributed by atoms with Crippen molar-refractivity contribution in [1.29, 1.82) is 0 Å². The van der Waals surface area contributed by atoms with Crippen LogP contribution in [0.2, 0.25) is 0 Å². The summed E-state index contributed by atoms with van der Waals surface area (Å²) in [6.45, 7) is 4.88. The third kappa shape index (κ3) is 4.18. The molecule has 1 aliphatic heterocycles. The number of carboxylic acid groups (broad SMARTS) is 1. The largest absolute Gasteiger partial charge is 0.478 e. The molecule has 0 bridgehead atoms. The van der Waals surface area contributed by atoms with Crippen LogP contribution in [0.1, 0.15) is 59.2 Å². The maximum absolute atomic E-state index is 11.2. The first kappa shape index (κ1) is 21.1.